The Labute approximate surface area is 112 Å². The lowest BCUT2D eigenvalue weighted by Crippen LogP contribution is -2.47. The summed E-state index contributed by atoms with van der Waals surface area (Å²) in [4.78, 5) is 0. The number of nitrogens with two attached hydrogens (primary N) is 1. The molecular formula is C14H20F2N2O. The first-order chi connectivity index (χ1) is 9.15. The monoisotopic (exact) mass is 270 g/mol. The summed E-state index contributed by atoms with van der Waals surface area (Å²) in [5.41, 5.74) is 3.02. The van der Waals surface area contributed by atoms with Crippen LogP contribution in [0, 0.1) is 17.6 Å². The number of nitrogens with one attached hydrogen (secondary N) is 1. The molecule has 1 aromatic carbocycles. The van der Waals surface area contributed by atoms with Crippen LogP contribution in [-0.2, 0) is 11.2 Å². The molecule has 2 rings (SSSR count). The van der Waals surface area contributed by atoms with Crippen LogP contribution in [0.2, 0.25) is 0 Å². The average Bonchev–Trinajstić information content (AvgIpc) is 3.22. The van der Waals surface area contributed by atoms with Gasteiger partial charge in [0.25, 0.3) is 0 Å². The maximum Gasteiger partial charge on any atom is 0.126 e. The minimum atomic E-state index is -0.438. The fourth-order valence-electron chi connectivity index (χ4n) is 2.40. The first-order valence-electron chi connectivity index (χ1n) is 6.67. The van der Waals surface area contributed by atoms with Gasteiger partial charge in [-0.25, -0.2) is 8.78 Å². The minimum Gasteiger partial charge on any atom is -0.377 e. The predicted molar refractivity (Wildman–Crippen MR) is 69.3 cm³/mol. The standard InChI is InChI=1S/C14H20F2N2O/c1-2-19-14(9-3-4-9)13(18-17)8-10-7-11(15)5-6-12(10)16/h5-7,9,13-14,18H,2-4,8,17H2,1H3. The Morgan fingerprint density at radius 3 is 2.74 bits per heavy atom. The van der Waals surface area contributed by atoms with Gasteiger partial charge in [0, 0.05) is 6.61 Å². The van der Waals surface area contributed by atoms with Gasteiger partial charge >= 0.3 is 0 Å². The molecule has 5 heteroatoms. The summed E-state index contributed by atoms with van der Waals surface area (Å²) >= 11 is 0. The van der Waals surface area contributed by atoms with Crippen molar-refractivity contribution in [2.24, 2.45) is 11.8 Å². The van der Waals surface area contributed by atoms with Gasteiger partial charge < -0.3 is 4.74 Å². The summed E-state index contributed by atoms with van der Waals surface area (Å²) in [5, 5.41) is 0. The molecule has 1 fully saturated rings. The second kappa shape index (κ2) is 6.41. The van der Waals surface area contributed by atoms with Gasteiger partial charge in [-0.1, -0.05) is 0 Å². The van der Waals surface area contributed by atoms with Crippen LogP contribution < -0.4 is 11.3 Å². The van der Waals surface area contributed by atoms with Gasteiger partial charge in [-0.05, 0) is 55.9 Å². The van der Waals surface area contributed by atoms with Crippen molar-refractivity contribution >= 4 is 0 Å². The van der Waals surface area contributed by atoms with Crippen LogP contribution in [-0.4, -0.2) is 18.8 Å². The Hall–Kier alpha value is -1.04. The summed E-state index contributed by atoms with van der Waals surface area (Å²) in [5.74, 6) is 5.18. The van der Waals surface area contributed by atoms with Crippen molar-refractivity contribution in [1.29, 1.82) is 0 Å². The van der Waals surface area contributed by atoms with E-state index in [0.29, 0.717) is 24.5 Å². The fraction of sp³-hybridized carbons (Fsp3) is 0.571. The fourth-order valence-corrected chi connectivity index (χ4v) is 2.40. The molecule has 1 aliphatic rings. The molecule has 0 radical (unpaired) electrons. The largest absolute Gasteiger partial charge is 0.377 e. The summed E-state index contributed by atoms with van der Waals surface area (Å²) in [6.45, 7) is 2.51. The Balaban J connectivity index is 2.10. The van der Waals surface area contributed by atoms with E-state index >= 15 is 0 Å². The molecule has 0 amide bonds. The van der Waals surface area contributed by atoms with Crippen molar-refractivity contribution in [3.8, 4) is 0 Å². The van der Waals surface area contributed by atoms with Gasteiger partial charge in [-0.2, -0.15) is 0 Å². The predicted octanol–water partition coefficient (Wildman–Crippen LogP) is 2.15. The molecule has 3 N–H and O–H groups in total. The highest BCUT2D eigenvalue weighted by Gasteiger charge is 2.37. The average molecular weight is 270 g/mol. The lowest BCUT2D eigenvalue weighted by atomic mass is 9.98. The van der Waals surface area contributed by atoms with E-state index in [1.165, 1.54) is 6.07 Å². The van der Waals surface area contributed by atoms with Crippen LogP contribution in [0.15, 0.2) is 18.2 Å². The maximum absolute atomic E-state index is 13.7. The summed E-state index contributed by atoms with van der Waals surface area (Å²) < 4.78 is 32.5. The topological polar surface area (TPSA) is 47.3 Å². The third kappa shape index (κ3) is 3.72. The van der Waals surface area contributed by atoms with Gasteiger partial charge in [0.1, 0.15) is 11.6 Å². The van der Waals surface area contributed by atoms with Crippen molar-refractivity contribution in [3.05, 3.63) is 35.4 Å². The molecule has 2 atom stereocenters. The molecule has 19 heavy (non-hydrogen) atoms. The van der Waals surface area contributed by atoms with Crippen LogP contribution in [0.25, 0.3) is 0 Å². The lowest BCUT2D eigenvalue weighted by molar-refractivity contribution is 0.0190. The highest BCUT2D eigenvalue weighted by molar-refractivity contribution is 5.20. The van der Waals surface area contributed by atoms with Crippen LogP contribution in [0.3, 0.4) is 0 Å². The SMILES string of the molecule is CCOC(C1CC1)C(Cc1cc(F)ccc1F)NN. The van der Waals surface area contributed by atoms with Crippen LogP contribution in [0.4, 0.5) is 8.78 Å². The van der Waals surface area contributed by atoms with E-state index in [4.69, 9.17) is 10.6 Å². The van der Waals surface area contributed by atoms with E-state index in [9.17, 15) is 8.78 Å². The van der Waals surface area contributed by atoms with E-state index in [2.05, 4.69) is 5.43 Å². The van der Waals surface area contributed by atoms with Crippen molar-refractivity contribution in [3.63, 3.8) is 0 Å². The molecule has 3 nitrogen and oxygen atoms in total. The summed E-state index contributed by atoms with van der Waals surface area (Å²) in [6.07, 6.45) is 2.49. The molecule has 0 aromatic heterocycles. The molecule has 1 aromatic rings. The highest BCUT2D eigenvalue weighted by atomic mass is 19.1. The molecule has 2 unspecified atom stereocenters. The zero-order valence-electron chi connectivity index (χ0n) is 11.0. The van der Waals surface area contributed by atoms with Crippen molar-refractivity contribution in [1.82, 2.24) is 5.43 Å². The Kier molecular flexibility index (Phi) is 4.85. The number of hydrogen-bond acceptors (Lipinski definition) is 3. The molecule has 0 heterocycles. The van der Waals surface area contributed by atoms with Gasteiger partial charge in [0.2, 0.25) is 0 Å². The Bertz CT molecular complexity index is 424. The van der Waals surface area contributed by atoms with Crippen molar-refractivity contribution in [2.75, 3.05) is 6.61 Å². The summed E-state index contributed by atoms with van der Waals surface area (Å²) in [7, 11) is 0. The molecular weight excluding hydrogens is 250 g/mol. The third-order valence-electron chi connectivity index (χ3n) is 3.50. The molecule has 106 valence electrons. The first-order valence-corrected chi connectivity index (χ1v) is 6.67. The van der Waals surface area contributed by atoms with E-state index in [1.807, 2.05) is 6.92 Å². The number of ether oxygens (including phenoxy) is 1. The highest BCUT2D eigenvalue weighted by Crippen LogP contribution is 2.36. The molecule has 1 saturated carbocycles. The van der Waals surface area contributed by atoms with Gasteiger partial charge in [-0.3, -0.25) is 11.3 Å². The lowest BCUT2D eigenvalue weighted by Gasteiger charge is -2.26. The van der Waals surface area contributed by atoms with E-state index in [1.54, 1.807) is 0 Å². The van der Waals surface area contributed by atoms with Crippen molar-refractivity contribution in [2.45, 2.75) is 38.3 Å². The Morgan fingerprint density at radius 2 is 2.16 bits per heavy atom. The summed E-state index contributed by atoms with van der Waals surface area (Å²) in [6, 6.07) is 3.27. The van der Waals surface area contributed by atoms with E-state index in [-0.39, 0.29) is 12.1 Å². The smallest absolute Gasteiger partial charge is 0.126 e. The first kappa shape index (κ1) is 14.4. The quantitative estimate of drug-likeness (QED) is 0.589. The normalized spacial score (nSPS) is 18.3. The zero-order chi connectivity index (χ0) is 13.8. The molecule has 0 aliphatic heterocycles. The maximum atomic E-state index is 13.7. The number of hydrogen-bond donors (Lipinski definition) is 2. The van der Waals surface area contributed by atoms with Crippen molar-refractivity contribution < 1.29 is 13.5 Å². The van der Waals surface area contributed by atoms with Gasteiger partial charge in [0.15, 0.2) is 0 Å². The molecule has 0 bridgehead atoms. The van der Waals surface area contributed by atoms with Crippen LogP contribution in [0.1, 0.15) is 25.3 Å². The second-order valence-corrected chi connectivity index (χ2v) is 4.97. The van der Waals surface area contributed by atoms with Crippen LogP contribution in [0.5, 0.6) is 0 Å². The number of rotatable bonds is 7. The third-order valence-corrected chi connectivity index (χ3v) is 3.50. The van der Waals surface area contributed by atoms with Gasteiger partial charge in [-0.15, -0.1) is 0 Å². The van der Waals surface area contributed by atoms with E-state index in [0.717, 1.165) is 25.0 Å². The number of hydrazine groups is 1. The molecule has 0 spiro atoms. The van der Waals surface area contributed by atoms with Gasteiger partial charge in [0.05, 0.1) is 12.1 Å². The number of halogens is 2. The second-order valence-electron chi connectivity index (χ2n) is 4.97. The minimum absolute atomic E-state index is 0.0438. The van der Waals surface area contributed by atoms with Crippen LogP contribution >= 0.6 is 0 Å². The van der Waals surface area contributed by atoms with E-state index < -0.39 is 11.6 Å². The zero-order valence-corrected chi connectivity index (χ0v) is 11.0. The Morgan fingerprint density at radius 1 is 1.42 bits per heavy atom. The molecule has 1 aliphatic carbocycles. The molecule has 0 saturated heterocycles. The number of benzene rings is 1.